The Morgan fingerprint density at radius 1 is 1.00 bits per heavy atom. The molecule has 0 saturated heterocycles. The van der Waals surface area contributed by atoms with E-state index in [2.05, 4.69) is 4.90 Å². The van der Waals surface area contributed by atoms with Crippen LogP contribution in [-0.2, 0) is 19.3 Å². The number of rotatable bonds is 2. The van der Waals surface area contributed by atoms with Crippen LogP contribution in [0.3, 0.4) is 0 Å². The monoisotopic (exact) mass is 307 g/mol. The van der Waals surface area contributed by atoms with Crippen molar-refractivity contribution in [2.45, 2.75) is 19.3 Å². The van der Waals surface area contributed by atoms with Crippen LogP contribution >= 0.6 is 0 Å². The topological polar surface area (TPSA) is 12.5 Å². The van der Waals surface area contributed by atoms with Gasteiger partial charge in [-0.2, -0.15) is 13.2 Å². The van der Waals surface area contributed by atoms with E-state index in [-0.39, 0.29) is 0 Å². The largest absolute Gasteiger partial charge is 0.492 e. The van der Waals surface area contributed by atoms with Crippen molar-refractivity contribution in [3.8, 4) is 5.75 Å². The first-order chi connectivity index (χ1) is 10.5. The number of ether oxygens (including phenoxy) is 1. The summed E-state index contributed by atoms with van der Waals surface area (Å²) in [6, 6.07) is 13.2. The lowest BCUT2D eigenvalue weighted by atomic mass is 10.1. The highest BCUT2D eigenvalue weighted by Crippen LogP contribution is 2.29. The van der Waals surface area contributed by atoms with Crippen LogP contribution in [0.2, 0.25) is 0 Å². The molecule has 2 nitrogen and oxygen atoms in total. The van der Waals surface area contributed by atoms with Gasteiger partial charge in [0.05, 0.1) is 5.56 Å². The third-order valence-corrected chi connectivity index (χ3v) is 3.72. The minimum absolute atomic E-state index is 0.581. The standard InChI is InChI=1S/C17H16F3NO/c18-17(19,20)15-7-5-13(6-8-15)11-21-9-10-22-16-4-2-1-3-14(16)12-21/h1-8H,9-12H2. The summed E-state index contributed by atoms with van der Waals surface area (Å²) in [6.07, 6.45) is -4.28. The Balaban J connectivity index is 1.71. The lowest BCUT2D eigenvalue weighted by molar-refractivity contribution is -0.137. The van der Waals surface area contributed by atoms with Crippen LogP contribution in [0.15, 0.2) is 48.5 Å². The molecule has 0 saturated carbocycles. The molecule has 1 aliphatic rings. The van der Waals surface area contributed by atoms with Gasteiger partial charge in [0.15, 0.2) is 0 Å². The first-order valence-corrected chi connectivity index (χ1v) is 7.11. The molecule has 2 aromatic carbocycles. The number of nitrogens with zero attached hydrogens (tertiary/aromatic N) is 1. The summed E-state index contributed by atoms with van der Waals surface area (Å²) in [5.41, 5.74) is 1.36. The zero-order valence-corrected chi connectivity index (χ0v) is 11.9. The highest BCUT2D eigenvalue weighted by Gasteiger charge is 2.30. The van der Waals surface area contributed by atoms with Gasteiger partial charge in [-0.15, -0.1) is 0 Å². The van der Waals surface area contributed by atoms with E-state index < -0.39 is 11.7 Å². The Labute approximate surface area is 127 Å². The fourth-order valence-corrected chi connectivity index (χ4v) is 2.57. The van der Waals surface area contributed by atoms with Gasteiger partial charge in [-0.1, -0.05) is 30.3 Å². The van der Waals surface area contributed by atoms with Gasteiger partial charge in [-0.05, 0) is 23.8 Å². The van der Waals surface area contributed by atoms with Crippen molar-refractivity contribution in [1.82, 2.24) is 4.90 Å². The van der Waals surface area contributed by atoms with Crippen molar-refractivity contribution in [3.63, 3.8) is 0 Å². The molecule has 0 aliphatic carbocycles. The van der Waals surface area contributed by atoms with Crippen LogP contribution in [0.1, 0.15) is 16.7 Å². The Hall–Kier alpha value is -2.01. The molecular weight excluding hydrogens is 291 g/mol. The van der Waals surface area contributed by atoms with E-state index in [4.69, 9.17) is 4.74 Å². The Morgan fingerprint density at radius 2 is 1.73 bits per heavy atom. The molecule has 0 spiro atoms. The van der Waals surface area contributed by atoms with Crippen molar-refractivity contribution in [2.75, 3.05) is 13.2 Å². The van der Waals surface area contributed by atoms with Crippen LogP contribution in [-0.4, -0.2) is 18.1 Å². The maximum absolute atomic E-state index is 12.6. The van der Waals surface area contributed by atoms with Gasteiger partial charge in [0.25, 0.3) is 0 Å². The average Bonchev–Trinajstić information content (AvgIpc) is 2.68. The summed E-state index contributed by atoms with van der Waals surface area (Å²) >= 11 is 0. The second-order valence-corrected chi connectivity index (χ2v) is 5.36. The van der Waals surface area contributed by atoms with Crippen LogP contribution in [0.4, 0.5) is 13.2 Å². The third-order valence-electron chi connectivity index (χ3n) is 3.72. The van der Waals surface area contributed by atoms with E-state index in [1.54, 1.807) is 12.1 Å². The van der Waals surface area contributed by atoms with Crippen LogP contribution in [0, 0.1) is 0 Å². The molecule has 0 unspecified atom stereocenters. The maximum atomic E-state index is 12.6. The minimum atomic E-state index is -4.28. The molecule has 22 heavy (non-hydrogen) atoms. The molecule has 3 rings (SSSR count). The molecule has 5 heteroatoms. The highest BCUT2D eigenvalue weighted by atomic mass is 19.4. The molecule has 0 amide bonds. The van der Waals surface area contributed by atoms with Crippen molar-refractivity contribution < 1.29 is 17.9 Å². The third kappa shape index (κ3) is 3.42. The Kier molecular flexibility index (Phi) is 4.07. The summed E-state index contributed by atoms with van der Waals surface area (Å²) in [4.78, 5) is 2.18. The fourth-order valence-electron chi connectivity index (χ4n) is 2.57. The summed E-state index contributed by atoms with van der Waals surface area (Å²) < 4.78 is 43.4. The highest BCUT2D eigenvalue weighted by molar-refractivity contribution is 5.34. The second-order valence-electron chi connectivity index (χ2n) is 5.36. The first-order valence-electron chi connectivity index (χ1n) is 7.11. The number of hydrogen-bond donors (Lipinski definition) is 0. The maximum Gasteiger partial charge on any atom is 0.416 e. The van der Waals surface area contributed by atoms with Gasteiger partial charge in [0.1, 0.15) is 12.4 Å². The van der Waals surface area contributed by atoms with E-state index in [1.165, 1.54) is 0 Å². The molecule has 1 aliphatic heterocycles. The zero-order chi connectivity index (χ0) is 15.6. The molecule has 0 fully saturated rings. The number of hydrogen-bond acceptors (Lipinski definition) is 2. The zero-order valence-electron chi connectivity index (χ0n) is 11.9. The summed E-state index contributed by atoms with van der Waals surface area (Å²) in [7, 11) is 0. The lowest BCUT2D eigenvalue weighted by Gasteiger charge is -2.19. The molecule has 116 valence electrons. The predicted octanol–water partition coefficient (Wildman–Crippen LogP) is 4.10. The Bertz CT molecular complexity index is 637. The smallest absolute Gasteiger partial charge is 0.416 e. The molecule has 2 aromatic rings. The van der Waals surface area contributed by atoms with E-state index in [1.807, 2.05) is 24.3 Å². The quantitative estimate of drug-likeness (QED) is 0.828. The Morgan fingerprint density at radius 3 is 2.45 bits per heavy atom. The van der Waals surface area contributed by atoms with Crippen LogP contribution in [0.25, 0.3) is 0 Å². The van der Waals surface area contributed by atoms with E-state index in [0.717, 1.165) is 42.1 Å². The van der Waals surface area contributed by atoms with Crippen molar-refractivity contribution >= 4 is 0 Å². The van der Waals surface area contributed by atoms with Gasteiger partial charge in [0.2, 0.25) is 0 Å². The normalized spacial score (nSPS) is 15.8. The number of benzene rings is 2. The van der Waals surface area contributed by atoms with Crippen LogP contribution < -0.4 is 4.74 Å². The van der Waals surface area contributed by atoms with E-state index >= 15 is 0 Å². The number of fused-ring (bicyclic) bond motifs is 1. The summed E-state index contributed by atoms with van der Waals surface area (Å²) in [5, 5.41) is 0. The number of halogens is 3. The second kappa shape index (κ2) is 6.01. The first kappa shape index (κ1) is 14.9. The van der Waals surface area contributed by atoms with Gasteiger partial charge in [-0.3, -0.25) is 4.90 Å². The van der Waals surface area contributed by atoms with Gasteiger partial charge < -0.3 is 4.74 Å². The minimum Gasteiger partial charge on any atom is -0.492 e. The van der Waals surface area contributed by atoms with Gasteiger partial charge in [0, 0.05) is 25.2 Å². The molecule has 0 N–H and O–H groups in total. The fraction of sp³-hybridized carbons (Fsp3) is 0.294. The average molecular weight is 307 g/mol. The van der Waals surface area contributed by atoms with E-state index in [9.17, 15) is 13.2 Å². The molecule has 1 heterocycles. The molecule has 0 radical (unpaired) electrons. The van der Waals surface area contributed by atoms with Crippen molar-refractivity contribution in [3.05, 3.63) is 65.2 Å². The summed E-state index contributed by atoms with van der Waals surface area (Å²) in [6.45, 7) is 2.67. The van der Waals surface area contributed by atoms with Crippen molar-refractivity contribution in [2.24, 2.45) is 0 Å². The van der Waals surface area contributed by atoms with Crippen LogP contribution in [0.5, 0.6) is 5.75 Å². The summed E-state index contributed by atoms with van der Waals surface area (Å²) in [5.74, 6) is 0.886. The van der Waals surface area contributed by atoms with E-state index in [0.29, 0.717) is 13.2 Å². The van der Waals surface area contributed by atoms with Gasteiger partial charge in [-0.25, -0.2) is 0 Å². The number of para-hydroxylation sites is 1. The van der Waals surface area contributed by atoms with Gasteiger partial charge >= 0.3 is 6.18 Å². The molecular formula is C17H16F3NO. The predicted molar refractivity (Wildman–Crippen MR) is 77.5 cm³/mol. The lowest BCUT2D eigenvalue weighted by Crippen LogP contribution is -2.25. The SMILES string of the molecule is FC(F)(F)c1ccc(CN2CCOc3ccccc3C2)cc1. The molecule has 0 bridgehead atoms. The molecule has 0 aromatic heterocycles. The molecule has 0 atom stereocenters. The van der Waals surface area contributed by atoms with Crippen molar-refractivity contribution in [1.29, 1.82) is 0 Å². The number of alkyl halides is 3.